The third-order valence-electron chi connectivity index (χ3n) is 4.58. The number of allylic oxidation sites excluding steroid dienone is 1. The molecule has 0 radical (unpaired) electrons. The van der Waals surface area contributed by atoms with Crippen molar-refractivity contribution in [1.29, 1.82) is 0 Å². The van der Waals surface area contributed by atoms with Crippen LogP contribution in [-0.4, -0.2) is 22.1 Å². The zero-order valence-corrected chi connectivity index (χ0v) is 16.4. The first-order valence-electron chi connectivity index (χ1n) is 8.58. The number of carbonyl (C=O) groups excluding carboxylic acids is 1. The molecule has 0 fully saturated rings. The highest BCUT2D eigenvalue weighted by atomic mass is 79.9. The summed E-state index contributed by atoms with van der Waals surface area (Å²) in [7, 11) is 0. The molecule has 0 saturated heterocycles. The van der Waals surface area contributed by atoms with E-state index >= 15 is 0 Å². The summed E-state index contributed by atoms with van der Waals surface area (Å²) in [4.78, 5) is 17.4. The van der Waals surface area contributed by atoms with Crippen LogP contribution in [0.15, 0.2) is 58.2 Å². The van der Waals surface area contributed by atoms with Gasteiger partial charge in [-0.1, -0.05) is 34.1 Å². The van der Waals surface area contributed by atoms with Gasteiger partial charge in [-0.2, -0.15) is 0 Å². The molecule has 138 valence electrons. The Bertz CT molecular complexity index is 1090. The smallest absolute Gasteiger partial charge is 0.338 e. The van der Waals surface area contributed by atoms with Gasteiger partial charge in [-0.25, -0.2) is 14.2 Å². The Morgan fingerprint density at radius 2 is 2.11 bits per heavy atom. The maximum Gasteiger partial charge on any atom is 0.338 e. The van der Waals surface area contributed by atoms with E-state index in [-0.39, 0.29) is 6.61 Å². The van der Waals surface area contributed by atoms with E-state index < -0.39 is 17.8 Å². The second-order valence-electron chi connectivity index (χ2n) is 6.25. The lowest BCUT2D eigenvalue weighted by molar-refractivity contribution is -0.139. The van der Waals surface area contributed by atoms with Crippen LogP contribution < -0.4 is 5.32 Å². The van der Waals surface area contributed by atoms with Gasteiger partial charge in [0.2, 0.25) is 5.95 Å². The van der Waals surface area contributed by atoms with Crippen LogP contribution in [-0.2, 0) is 9.53 Å². The number of carbonyl (C=O) groups is 1. The third-order valence-corrected chi connectivity index (χ3v) is 5.08. The summed E-state index contributed by atoms with van der Waals surface area (Å²) >= 11 is 3.29. The Labute approximate surface area is 164 Å². The van der Waals surface area contributed by atoms with Crippen molar-refractivity contribution in [2.45, 2.75) is 19.9 Å². The molecule has 7 heteroatoms. The van der Waals surface area contributed by atoms with Crippen molar-refractivity contribution >= 4 is 38.9 Å². The number of hydrogen-bond acceptors (Lipinski definition) is 4. The molecule has 0 amide bonds. The highest BCUT2D eigenvalue weighted by Gasteiger charge is 2.36. The molecular formula is C20H17BrFN3O2. The maximum absolute atomic E-state index is 14.9. The van der Waals surface area contributed by atoms with Crippen LogP contribution in [0.1, 0.15) is 25.5 Å². The molecule has 1 unspecified atom stereocenters. The first-order chi connectivity index (χ1) is 13.0. The highest BCUT2D eigenvalue weighted by Crippen LogP contribution is 2.40. The molecule has 0 bridgehead atoms. The lowest BCUT2D eigenvalue weighted by Gasteiger charge is -2.30. The Morgan fingerprint density at radius 1 is 1.33 bits per heavy atom. The van der Waals surface area contributed by atoms with Gasteiger partial charge in [0.05, 0.1) is 29.3 Å². The number of aromatic nitrogens is 2. The van der Waals surface area contributed by atoms with E-state index in [1.54, 1.807) is 26.0 Å². The second kappa shape index (κ2) is 6.81. The molecule has 3 aromatic rings. The van der Waals surface area contributed by atoms with Crippen molar-refractivity contribution in [2.75, 3.05) is 11.9 Å². The minimum atomic E-state index is -0.680. The van der Waals surface area contributed by atoms with Gasteiger partial charge in [0, 0.05) is 15.7 Å². The molecule has 1 atom stereocenters. The average molecular weight is 430 g/mol. The van der Waals surface area contributed by atoms with E-state index in [0.717, 1.165) is 11.0 Å². The molecule has 4 rings (SSSR count). The quantitative estimate of drug-likeness (QED) is 0.608. The topological polar surface area (TPSA) is 56.1 Å². The number of hydrogen-bond donors (Lipinski definition) is 1. The first kappa shape index (κ1) is 17.7. The molecule has 1 aliphatic heterocycles. The molecule has 5 nitrogen and oxygen atoms in total. The molecule has 1 N–H and O–H groups in total. The number of benzene rings is 2. The van der Waals surface area contributed by atoms with Crippen molar-refractivity contribution in [3.8, 4) is 0 Å². The SMILES string of the molecule is CCOC(=O)C1=C(C)Nc2nc3ccccc3n2C1c1ccc(Br)cc1F. The minimum Gasteiger partial charge on any atom is -0.463 e. The predicted octanol–water partition coefficient (Wildman–Crippen LogP) is 4.79. The molecule has 2 heterocycles. The van der Waals surface area contributed by atoms with Crippen molar-refractivity contribution in [2.24, 2.45) is 0 Å². The van der Waals surface area contributed by atoms with Gasteiger partial charge in [0.15, 0.2) is 0 Å². The first-order valence-corrected chi connectivity index (χ1v) is 9.37. The molecule has 1 aliphatic rings. The van der Waals surface area contributed by atoms with E-state index in [1.165, 1.54) is 6.07 Å². The Kier molecular flexibility index (Phi) is 4.47. The Morgan fingerprint density at radius 3 is 2.85 bits per heavy atom. The highest BCUT2D eigenvalue weighted by molar-refractivity contribution is 9.10. The van der Waals surface area contributed by atoms with Gasteiger partial charge in [0.1, 0.15) is 5.82 Å². The zero-order chi connectivity index (χ0) is 19.1. The number of esters is 1. The Balaban J connectivity index is 2.01. The van der Waals surface area contributed by atoms with E-state index in [2.05, 4.69) is 26.2 Å². The summed E-state index contributed by atoms with van der Waals surface area (Å²) in [5, 5.41) is 3.17. The number of para-hydroxylation sites is 2. The fourth-order valence-electron chi connectivity index (χ4n) is 3.45. The molecule has 2 aromatic carbocycles. The minimum absolute atomic E-state index is 0.239. The molecule has 0 saturated carbocycles. The van der Waals surface area contributed by atoms with E-state index in [1.807, 2.05) is 28.8 Å². The van der Waals surface area contributed by atoms with Gasteiger partial charge in [0.25, 0.3) is 0 Å². The largest absolute Gasteiger partial charge is 0.463 e. The Hall–Kier alpha value is -2.67. The predicted molar refractivity (Wildman–Crippen MR) is 105 cm³/mol. The van der Waals surface area contributed by atoms with Crippen molar-refractivity contribution < 1.29 is 13.9 Å². The normalized spacial score (nSPS) is 16.2. The number of rotatable bonds is 3. The number of nitrogens with zero attached hydrogens (tertiary/aromatic N) is 2. The zero-order valence-electron chi connectivity index (χ0n) is 14.8. The van der Waals surface area contributed by atoms with Gasteiger partial charge < -0.3 is 10.1 Å². The standard InChI is InChI=1S/C20H17BrFN3O2/c1-3-27-19(26)17-11(2)23-20-24-15-6-4-5-7-16(15)25(20)18(17)13-9-8-12(21)10-14(13)22/h4-10,18H,3H2,1-2H3,(H,23,24). The fourth-order valence-corrected chi connectivity index (χ4v) is 3.79. The van der Waals surface area contributed by atoms with Crippen LogP contribution in [0.3, 0.4) is 0 Å². The van der Waals surface area contributed by atoms with E-state index in [0.29, 0.717) is 27.3 Å². The number of nitrogens with one attached hydrogen (secondary N) is 1. The maximum atomic E-state index is 14.9. The monoisotopic (exact) mass is 429 g/mol. The van der Waals surface area contributed by atoms with Gasteiger partial charge in [-0.05, 0) is 38.1 Å². The van der Waals surface area contributed by atoms with Gasteiger partial charge >= 0.3 is 5.97 Å². The lowest BCUT2D eigenvalue weighted by Crippen LogP contribution is -2.29. The van der Waals surface area contributed by atoms with Crippen molar-refractivity contribution in [3.63, 3.8) is 0 Å². The number of anilines is 1. The molecule has 1 aromatic heterocycles. The third kappa shape index (κ3) is 2.92. The number of imidazole rings is 1. The van der Waals surface area contributed by atoms with Crippen LogP contribution in [0.2, 0.25) is 0 Å². The van der Waals surface area contributed by atoms with E-state index in [4.69, 9.17) is 4.74 Å². The molecule has 27 heavy (non-hydrogen) atoms. The van der Waals surface area contributed by atoms with Gasteiger partial charge in [-0.15, -0.1) is 0 Å². The van der Waals surface area contributed by atoms with Gasteiger partial charge in [-0.3, -0.25) is 4.57 Å². The van der Waals surface area contributed by atoms with Crippen LogP contribution in [0, 0.1) is 5.82 Å². The summed E-state index contributed by atoms with van der Waals surface area (Å²) < 4.78 is 22.7. The fraction of sp³-hybridized carbons (Fsp3) is 0.200. The van der Waals surface area contributed by atoms with Crippen LogP contribution in [0.25, 0.3) is 11.0 Å². The number of fused-ring (bicyclic) bond motifs is 3. The number of ether oxygens (including phenoxy) is 1. The summed E-state index contributed by atoms with van der Waals surface area (Å²) in [5.41, 5.74) is 2.92. The number of halogens is 2. The van der Waals surface area contributed by atoms with Crippen LogP contribution >= 0.6 is 15.9 Å². The second-order valence-corrected chi connectivity index (χ2v) is 7.16. The average Bonchev–Trinajstić information content (AvgIpc) is 2.99. The van der Waals surface area contributed by atoms with Crippen molar-refractivity contribution in [3.05, 3.63) is 69.6 Å². The summed E-state index contributed by atoms with van der Waals surface area (Å²) in [5.74, 6) is -0.318. The van der Waals surface area contributed by atoms with E-state index in [9.17, 15) is 9.18 Å². The molecular weight excluding hydrogens is 413 g/mol. The van der Waals surface area contributed by atoms with Crippen LogP contribution in [0.4, 0.5) is 10.3 Å². The summed E-state index contributed by atoms with van der Waals surface area (Å²) in [6.45, 7) is 3.76. The summed E-state index contributed by atoms with van der Waals surface area (Å²) in [6.07, 6.45) is 0. The van der Waals surface area contributed by atoms with Crippen molar-refractivity contribution in [1.82, 2.24) is 9.55 Å². The van der Waals surface area contributed by atoms with Crippen LogP contribution in [0.5, 0.6) is 0 Å². The summed E-state index contributed by atoms with van der Waals surface area (Å²) in [6, 6.07) is 11.7. The lowest BCUT2D eigenvalue weighted by atomic mass is 9.94. The molecule has 0 spiro atoms. The molecule has 0 aliphatic carbocycles.